The molecule has 2 rings (SSSR count). The van der Waals surface area contributed by atoms with Crippen LogP contribution in [0.5, 0.6) is 0 Å². The maximum Gasteiger partial charge on any atom is 0.193 e. The zero-order chi connectivity index (χ0) is 6.27. The van der Waals surface area contributed by atoms with Gasteiger partial charge in [-0.25, -0.2) is 4.99 Å². The van der Waals surface area contributed by atoms with Gasteiger partial charge in [-0.3, -0.25) is 0 Å². The van der Waals surface area contributed by atoms with Crippen LogP contribution < -0.4 is 5.32 Å². The van der Waals surface area contributed by atoms with Crippen molar-refractivity contribution in [3.8, 4) is 0 Å². The van der Waals surface area contributed by atoms with Crippen molar-refractivity contribution in [3.05, 3.63) is 0 Å². The summed E-state index contributed by atoms with van der Waals surface area (Å²) in [6.07, 6.45) is 3.65. The van der Waals surface area contributed by atoms with Crippen LogP contribution in [0.1, 0.15) is 19.3 Å². The van der Waals surface area contributed by atoms with Gasteiger partial charge in [0.05, 0.1) is 6.04 Å². The number of hydrogen-bond donors (Lipinski definition) is 1. The Balaban J connectivity index is 2.27. The van der Waals surface area contributed by atoms with Crippen molar-refractivity contribution in [2.45, 2.75) is 25.3 Å². The maximum absolute atomic E-state index is 4.87. The summed E-state index contributed by atoms with van der Waals surface area (Å²) in [5.41, 5.74) is 1.28. The Bertz CT molecular complexity index is 185. The van der Waals surface area contributed by atoms with Crippen molar-refractivity contribution in [2.24, 2.45) is 4.99 Å². The lowest BCUT2D eigenvalue weighted by Crippen LogP contribution is -2.27. The first kappa shape index (κ1) is 5.35. The average molecular weight is 140 g/mol. The molecular weight excluding hydrogens is 132 g/mol. The summed E-state index contributed by atoms with van der Waals surface area (Å²) in [5.74, 6) is 0. The predicted molar refractivity (Wildman–Crippen MR) is 40.8 cm³/mol. The Morgan fingerprint density at radius 3 is 3.33 bits per heavy atom. The molecule has 1 fully saturated rings. The molecule has 1 atom stereocenters. The van der Waals surface area contributed by atoms with E-state index < -0.39 is 0 Å². The van der Waals surface area contributed by atoms with Gasteiger partial charge in [0.1, 0.15) is 0 Å². The van der Waals surface area contributed by atoms with Crippen molar-refractivity contribution >= 4 is 23.0 Å². The van der Waals surface area contributed by atoms with Crippen molar-refractivity contribution in [2.75, 3.05) is 0 Å². The van der Waals surface area contributed by atoms with E-state index in [9.17, 15) is 0 Å². The van der Waals surface area contributed by atoms with Gasteiger partial charge in [-0.15, -0.1) is 0 Å². The third kappa shape index (κ3) is 0.758. The third-order valence-corrected chi connectivity index (χ3v) is 2.08. The number of nitrogens with one attached hydrogen (secondary N) is 1. The first-order valence-corrected chi connectivity index (χ1v) is 3.65. The minimum Gasteiger partial charge on any atom is -0.353 e. The van der Waals surface area contributed by atoms with Gasteiger partial charge < -0.3 is 5.32 Å². The highest BCUT2D eigenvalue weighted by atomic mass is 32.1. The van der Waals surface area contributed by atoms with Gasteiger partial charge in [0.25, 0.3) is 0 Å². The molecule has 0 bridgehead atoms. The van der Waals surface area contributed by atoms with E-state index in [2.05, 4.69) is 10.3 Å². The smallest absolute Gasteiger partial charge is 0.193 e. The summed E-state index contributed by atoms with van der Waals surface area (Å²) in [6, 6.07) is 0.512. The molecule has 0 aromatic carbocycles. The van der Waals surface area contributed by atoms with Gasteiger partial charge in [0, 0.05) is 5.71 Å². The van der Waals surface area contributed by atoms with E-state index in [1.165, 1.54) is 18.6 Å². The predicted octanol–water partition coefficient (Wildman–Crippen LogP) is 0.868. The highest BCUT2D eigenvalue weighted by Gasteiger charge is 2.27. The number of rotatable bonds is 0. The van der Waals surface area contributed by atoms with Crippen molar-refractivity contribution < 1.29 is 0 Å². The van der Waals surface area contributed by atoms with Crippen LogP contribution in [0.2, 0.25) is 0 Å². The topological polar surface area (TPSA) is 24.4 Å². The lowest BCUT2D eigenvalue weighted by Gasteiger charge is -2.01. The van der Waals surface area contributed by atoms with Crippen LogP contribution >= 0.6 is 12.2 Å². The Hall–Kier alpha value is -0.440. The van der Waals surface area contributed by atoms with E-state index in [1.807, 2.05) is 0 Å². The van der Waals surface area contributed by atoms with Crippen molar-refractivity contribution in [1.82, 2.24) is 5.32 Å². The molecule has 3 heteroatoms. The third-order valence-electron chi connectivity index (χ3n) is 1.87. The summed E-state index contributed by atoms with van der Waals surface area (Å²) in [7, 11) is 0. The summed E-state index contributed by atoms with van der Waals surface area (Å²) in [5, 5.41) is 3.83. The van der Waals surface area contributed by atoms with Gasteiger partial charge in [-0.1, -0.05) is 0 Å². The molecule has 2 nitrogen and oxygen atoms in total. The molecule has 1 aliphatic heterocycles. The number of hydrogen-bond acceptors (Lipinski definition) is 1. The van der Waals surface area contributed by atoms with Crippen LogP contribution in [0.3, 0.4) is 0 Å². The van der Waals surface area contributed by atoms with Crippen LogP contribution in [-0.2, 0) is 0 Å². The van der Waals surface area contributed by atoms with E-state index in [0.29, 0.717) is 11.2 Å². The molecule has 0 saturated heterocycles. The Labute approximate surface area is 59.4 Å². The largest absolute Gasteiger partial charge is 0.353 e. The van der Waals surface area contributed by atoms with Crippen LogP contribution in [-0.4, -0.2) is 16.9 Å². The van der Waals surface area contributed by atoms with Gasteiger partial charge in [-0.2, -0.15) is 0 Å². The van der Waals surface area contributed by atoms with E-state index in [1.54, 1.807) is 0 Å². The average Bonchev–Trinajstić information content (AvgIpc) is 2.22. The second-order valence-corrected chi connectivity index (χ2v) is 2.88. The SMILES string of the molecule is S=C1N=C2CCCC2N1. The summed E-state index contributed by atoms with van der Waals surface area (Å²) < 4.78 is 0. The molecule has 0 spiro atoms. The fraction of sp³-hybridized carbons (Fsp3) is 0.667. The molecule has 0 aromatic rings. The molecule has 0 amide bonds. The number of fused-ring (bicyclic) bond motifs is 1. The Kier molecular flexibility index (Phi) is 1.05. The van der Waals surface area contributed by atoms with Gasteiger partial charge in [0.15, 0.2) is 5.11 Å². The first-order valence-electron chi connectivity index (χ1n) is 3.24. The quantitative estimate of drug-likeness (QED) is 0.505. The summed E-state index contributed by atoms with van der Waals surface area (Å²) in [6.45, 7) is 0. The number of nitrogens with zero attached hydrogens (tertiary/aromatic N) is 1. The van der Waals surface area contributed by atoms with Crippen LogP contribution in [0.4, 0.5) is 0 Å². The zero-order valence-electron chi connectivity index (χ0n) is 5.05. The number of aliphatic imine (C=N–C) groups is 1. The van der Waals surface area contributed by atoms with Gasteiger partial charge >= 0.3 is 0 Å². The molecular formula is C6H8N2S. The molecule has 1 aliphatic carbocycles. The molecule has 1 heterocycles. The lowest BCUT2D eigenvalue weighted by molar-refractivity contribution is 0.739. The standard InChI is InChI=1S/C6H8N2S/c9-6-7-4-2-1-3-5(4)8-6/h4H,1-3H2,(H,7,9). The fourth-order valence-corrected chi connectivity index (χ4v) is 1.69. The first-order chi connectivity index (χ1) is 4.36. The molecule has 0 aromatic heterocycles. The van der Waals surface area contributed by atoms with Gasteiger partial charge in [0.2, 0.25) is 0 Å². The van der Waals surface area contributed by atoms with E-state index >= 15 is 0 Å². The molecule has 9 heavy (non-hydrogen) atoms. The van der Waals surface area contributed by atoms with Crippen LogP contribution in [0.25, 0.3) is 0 Å². The van der Waals surface area contributed by atoms with Crippen molar-refractivity contribution in [1.29, 1.82) is 0 Å². The van der Waals surface area contributed by atoms with E-state index in [-0.39, 0.29) is 0 Å². The van der Waals surface area contributed by atoms with Crippen LogP contribution in [0, 0.1) is 0 Å². The zero-order valence-corrected chi connectivity index (χ0v) is 5.87. The highest BCUT2D eigenvalue weighted by Crippen LogP contribution is 2.19. The second kappa shape index (κ2) is 1.77. The van der Waals surface area contributed by atoms with E-state index in [4.69, 9.17) is 12.2 Å². The summed E-state index contributed by atoms with van der Waals surface area (Å²) in [4.78, 5) is 4.19. The monoisotopic (exact) mass is 140 g/mol. The molecule has 1 saturated carbocycles. The summed E-state index contributed by atoms with van der Waals surface area (Å²) >= 11 is 4.87. The maximum atomic E-state index is 4.87. The normalized spacial score (nSPS) is 31.8. The minimum atomic E-state index is 0.512. The van der Waals surface area contributed by atoms with Crippen LogP contribution in [0.15, 0.2) is 4.99 Å². The van der Waals surface area contributed by atoms with Gasteiger partial charge in [-0.05, 0) is 31.5 Å². The second-order valence-electron chi connectivity index (χ2n) is 2.50. The molecule has 48 valence electrons. The Morgan fingerprint density at radius 1 is 1.67 bits per heavy atom. The Morgan fingerprint density at radius 2 is 2.56 bits per heavy atom. The molecule has 1 N–H and O–H groups in total. The van der Waals surface area contributed by atoms with E-state index in [0.717, 1.165) is 6.42 Å². The van der Waals surface area contributed by atoms with Crippen molar-refractivity contribution in [3.63, 3.8) is 0 Å². The molecule has 2 aliphatic rings. The number of thiocarbonyl (C=S) groups is 1. The molecule has 0 radical (unpaired) electrons. The fourth-order valence-electron chi connectivity index (χ4n) is 1.43. The highest BCUT2D eigenvalue weighted by molar-refractivity contribution is 7.80. The lowest BCUT2D eigenvalue weighted by atomic mass is 10.2. The molecule has 1 unspecified atom stereocenters. The minimum absolute atomic E-state index is 0.512.